The number of amides is 1. The van der Waals surface area contributed by atoms with Crippen LogP contribution in [0.3, 0.4) is 0 Å². The number of thiophene rings is 1. The van der Waals surface area contributed by atoms with Crippen LogP contribution in [0.4, 0.5) is 5.82 Å². The summed E-state index contributed by atoms with van der Waals surface area (Å²) in [4.78, 5) is 15.5. The van der Waals surface area contributed by atoms with E-state index < -0.39 is 0 Å². The lowest BCUT2D eigenvalue weighted by Crippen LogP contribution is -2.37. The second-order valence-electron chi connectivity index (χ2n) is 5.63. The molecule has 2 N–H and O–H groups in total. The second-order valence-corrected chi connectivity index (χ2v) is 7.36. The van der Waals surface area contributed by atoms with E-state index in [1.165, 1.54) is 4.88 Å². The van der Waals surface area contributed by atoms with Crippen molar-refractivity contribution in [3.05, 3.63) is 46.1 Å². The van der Waals surface area contributed by atoms with Crippen LogP contribution in [0.1, 0.15) is 17.0 Å². The predicted octanol–water partition coefficient (Wildman–Crippen LogP) is 3.50. The number of carbonyl (C=O) groups excluding carboxylic acids is 1. The van der Waals surface area contributed by atoms with E-state index in [1.807, 2.05) is 11.4 Å². The van der Waals surface area contributed by atoms with E-state index in [0.29, 0.717) is 10.4 Å². The molecule has 6 nitrogen and oxygen atoms in total. The van der Waals surface area contributed by atoms with Gasteiger partial charge in [-0.2, -0.15) is 5.10 Å². The zero-order valence-electron chi connectivity index (χ0n) is 12.7. The third kappa shape index (κ3) is 3.11. The molecule has 24 heavy (non-hydrogen) atoms. The fourth-order valence-corrected chi connectivity index (χ4v) is 3.81. The molecule has 1 saturated heterocycles. The maximum atomic E-state index is 12.2. The van der Waals surface area contributed by atoms with Crippen LogP contribution in [0.5, 0.6) is 0 Å². The second kappa shape index (κ2) is 6.45. The third-order valence-electron chi connectivity index (χ3n) is 4.00. The Hall–Kier alpha value is -2.06. The first-order valence-electron chi connectivity index (χ1n) is 7.59. The van der Waals surface area contributed by atoms with E-state index in [9.17, 15) is 4.79 Å². The zero-order chi connectivity index (χ0) is 16.5. The molecular weight excluding hydrogens is 392 g/mol. The van der Waals surface area contributed by atoms with Crippen LogP contribution in [0.25, 0.3) is 10.6 Å². The fourth-order valence-electron chi connectivity index (χ4n) is 2.81. The van der Waals surface area contributed by atoms with Crippen LogP contribution in [-0.2, 0) is 0 Å². The molecule has 4 heterocycles. The van der Waals surface area contributed by atoms with E-state index in [-0.39, 0.29) is 11.9 Å². The third-order valence-corrected chi connectivity index (χ3v) is 5.32. The number of H-pyrrole nitrogens is 1. The quantitative estimate of drug-likeness (QED) is 0.694. The van der Waals surface area contributed by atoms with Crippen molar-refractivity contribution in [2.45, 2.75) is 12.5 Å². The molecule has 1 unspecified atom stereocenters. The molecule has 3 aromatic rings. The van der Waals surface area contributed by atoms with Gasteiger partial charge in [0, 0.05) is 25.2 Å². The Morgan fingerprint density at radius 3 is 3.12 bits per heavy atom. The molecule has 0 saturated carbocycles. The van der Waals surface area contributed by atoms with Gasteiger partial charge in [-0.15, -0.1) is 11.3 Å². The largest absolute Gasteiger partial charge is 0.444 e. The molecule has 3 aromatic heterocycles. The molecule has 0 aliphatic carbocycles. The molecule has 1 aliphatic heterocycles. The maximum absolute atomic E-state index is 12.2. The average Bonchev–Trinajstić information content (AvgIpc) is 3.34. The van der Waals surface area contributed by atoms with Crippen molar-refractivity contribution in [1.82, 2.24) is 15.5 Å². The highest BCUT2D eigenvalue weighted by Crippen LogP contribution is 2.27. The van der Waals surface area contributed by atoms with Gasteiger partial charge in [0.05, 0.1) is 10.6 Å². The summed E-state index contributed by atoms with van der Waals surface area (Å²) in [5.41, 5.74) is 1.02. The van der Waals surface area contributed by atoms with E-state index in [4.69, 9.17) is 4.42 Å². The number of carbonyl (C=O) groups is 1. The van der Waals surface area contributed by atoms with Crippen LogP contribution in [0, 0.1) is 0 Å². The highest BCUT2D eigenvalue weighted by Gasteiger charge is 2.26. The van der Waals surface area contributed by atoms with Crippen molar-refractivity contribution in [2.24, 2.45) is 0 Å². The Labute approximate surface area is 151 Å². The molecule has 0 bridgehead atoms. The SMILES string of the molecule is O=C(NC1CCN(c2cc(-c3cccs3)[nH]n2)C1)c1ccc(Br)o1. The van der Waals surface area contributed by atoms with E-state index in [1.54, 1.807) is 23.5 Å². The van der Waals surface area contributed by atoms with Crippen LogP contribution in [0.15, 0.2) is 44.8 Å². The highest BCUT2D eigenvalue weighted by molar-refractivity contribution is 9.10. The number of aromatic nitrogens is 2. The first kappa shape index (κ1) is 15.5. The number of hydrogen-bond acceptors (Lipinski definition) is 5. The first-order chi connectivity index (χ1) is 11.7. The van der Waals surface area contributed by atoms with Gasteiger partial charge in [-0.05, 0) is 45.9 Å². The molecule has 1 aliphatic rings. The van der Waals surface area contributed by atoms with Gasteiger partial charge in [0.25, 0.3) is 5.91 Å². The molecule has 0 spiro atoms. The molecular formula is C16H15BrN4O2S. The molecule has 1 amide bonds. The summed E-state index contributed by atoms with van der Waals surface area (Å²) < 4.78 is 5.84. The highest BCUT2D eigenvalue weighted by atomic mass is 79.9. The molecule has 124 valence electrons. The monoisotopic (exact) mass is 406 g/mol. The van der Waals surface area contributed by atoms with Gasteiger partial charge in [-0.3, -0.25) is 9.89 Å². The number of aromatic amines is 1. The van der Waals surface area contributed by atoms with Crippen molar-refractivity contribution in [2.75, 3.05) is 18.0 Å². The first-order valence-corrected chi connectivity index (χ1v) is 9.27. The van der Waals surface area contributed by atoms with Gasteiger partial charge in [-0.1, -0.05) is 6.07 Å². The van der Waals surface area contributed by atoms with Crippen LogP contribution in [0.2, 0.25) is 0 Å². The van der Waals surface area contributed by atoms with E-state index in [2.05, 4.69) is 48.5 Å². The van der Waals surface area contributed by atoms with E-state index in [0.717, 1.165) is 31.0 Å². The Kier molecular flexibility index (Phi) is 4.15. The van der Waals surface area contributed by atoms with Gasteiger partial charge in [0.2, 0.25) is 0 Å². The average molecular weight is 407 g/mol. The predicted molar refractivity (Wildman–Crippen MR) is 96.4 cm³/mol. The van der Waals surface area contributed by atoms with Gasteiger partial charge >= 0.3 is 0 Å². The number of hydrogen-bond donors (Lipinski definition) is 2. The van der Waals surface area contributed by atoms with Gasteiger partial charge < -0.3 is 14.6 Å². The minimum Gasteiger partial charge on any atom is -0.444 e. The Morgan fingerprint density at radius 1 is 1.46 bits per heavy atom. The molecule has 4 rings (SSSR count). The fraction of sp³-hybridized carbons (Fsp3) is 0.250. The summed E-state index contributed by atoms with van der Waals surface area (Å²) in [6.45, 7) is 1.60. The standard InChI is InChI=1S/C16H15BrN4O2S/c17-14-4-3-12(23-14)16(22)18-10-5-6-21(9-10)15-8-11(19-20-15)13-2-1-7-24-13/h1-4,7-8,10H,5-6,9H2,(H,18,22)(H,19,20). The molecule has 0 radical (unpaired) electrons. The summed E-state index contributed by atoms with van der Waals surface area (Å²) in [5, 5.41) is 12.5. The van der Waals surface area contributed by atoms with Crippen molar-refractivity contribution in [1.29, 1.82) is 0 Å². The van der Waals surface area contributed by atoms with Crippen molar-refractivity contribution < 1.29 is 9.21 Å². The van der Waals surface area contributed by atoms with Gasteiger partial charge in [0.1, 0.15) is 0 Å². The van der Waals surface area contributed by atoms with E-state index >= 15 is 0 Å². The number of anilines is 1. The summed E-state index contributed by atoms with van der Waals surface area (Å²) in [6, 6.07) is 9.60. The summed E-state index contributed by atoms with van der Waals surface area (Å²) in [5.74, 6) is 1.05. The summed E-state index contributed by atoms with van der Waals surface area (Å²) >= 11 is 4.89. The lowest BCUT2D eigenvalue weighted by molar-refractivity contribution is 0.0911. The Morgan fingerprint density at radius 2 is 2.38 bits per heavy atom. The smallest absolute Gasteiger partial charge is 0.287 e. The summed E-state index contributed by atoms with van der Waals surface area (Å²) in [7, 11) is 0. The van der Waals surface area contributed by atoms with Crippen LogP contribution in [-0.4, -0.2) is 35.2 Å². The number of halogens is 1. The lowest BCUT2D eigenvalue weighted by Gasteiger charge is -2.15. The normalized spacial score (nSPS) is 17.4. The van der Waals surface area contributed by atoms with Crippen molar-refractivity contribution in [3.63, 3.8) is 0 Å². The molecule has 1 atom stereocenters. The topological polar surface area (TPSA) is 74.2 Å². The maximum Gasteiger partial charge on any atom is 0.287 e. The van der Waals surface area contributed by atoms with Crippen LogP contribution >= 0.6 is 27.3 Å². The van der Waals surface area contributed by atoms with Crippen LogP contribution < -0.4 is 10.2 Å². The van der Waals surface area contributed by atoms with Gasteiger partial charge in [-0.25, -0.2) is 0 Å². The number of nitrogens with zero attached hydrogens (tertiary/aromatic N) is 2. The minimum atomic E-state index is -0.186. The lowest BCUT2D eigenvalue weighted by atomic mass is 10.2. The molecule has 8 heteroatoms. The minimum absolute atomic E-state index is 0.0864. The summed E-state index contributed by atoms with van der Waals surface area (Å²) in [6.07, 6.45) is 0.884. The van der Waals surface area contributed by atoms with Crippen molar-refractivity contribution >= 4 is 39.0 Å². The Balaban J connectivity index is 1.39. The van der Waals surface area contributed by atoms with Gasteiger partial charge in [0.15, 0.2) is 16.2 Å². The van der Waals surface area contributed by atoms with Crippen molar-refractivity contribution in [3.8, 4) is 10.6 Å². The number of furan rings is 1. The molecule has 1 fully saturated rings. The zero-order valence-corrected chi connectivity index (χ0v) is 15.1. The molecule has 0 aromatic carbocycles. The number of nitrogens with one attached hydrogen (secondary N) is 2. The number of rotatable bonds is 4. The Bertz CT molecular complexity index is 842.